The Morgan fingerprint density at radius 1 is 1.26 bits per heavy atom. The first-order valence-corrected chi connectivity index (χ1v) is 6.77. The maximum Gasteiger partial charge on any atom is 0.449 e. The van der Waals surface area contributed by atoms with Crippen LogP contribution in [0.4, 0.5) is 13.2 Å². The molecular weight excluding hydrogens is 309 g/mol. The summed E-state index contributed by atoms with van der Waals surface area (Å²) in [6, 6.07) is 9.01. The molecule has 3 aromatic rings. The van der Waals surface area contributed by atoms with Crippen LogP contribution >= 0.6 is 0 Å². The lowest BCUT2D eigenvalue weighted by Crippen LogP contribution is -2.17. The SMILES string of the molecule is C=CC.O=c1[nH]c2ccccc2n1Cc1ccc(C(F)(F)F)o1. The van der Waals surface area contributed by atoms with Crippen LogP contribution in [0.1, 0.15) is 18.4 Å². The molecule has 1 N–H and O–H groups in total. The van der Waals surface area contributed by atoms with Crippen LogP contribution in [0.3, 0.4) is 0 Å². The van der Waals surface area contributed by atoms with Gasteiger partial charge in [0.1, 0.15) is 5.76 Å². The molecule has 2 heterocycles. The normalized spacial score (nSPS) is 11.1. The van der Waals surface area contributed by atoms with E-state index in [1.165, 1.54) is 10.6 Å². The fourth-order valence-electron chi connectivity index (χ4n) is 2.03. The minimum absolute atomic E-state index is 0.0566. The number of H-pyrrole nitrogens is 1. The second kappa shape index (κ2) is 6.60. The van der Waals surface area contributed by atoms with Gasteiger partial charge in [0.05, 0.1) is 17.6 Å². The fraction of sp³-hybridized carbons (Fsp3) is 0.188. The van der Waals surface area contributed by atoms with Crippen LogP contribution in [0.15, 0.2) is 58.3 Å². The van der Waals surface area contributed by atoms with E-state index in [0.717, 1.165) is 6.07 Å². The van der Waals surface area contributed by atoms with Crippen molar-refractivity contribution in [2.24, 2.45) is 0 Å². The Bertz CT molecular complexity index is 856. The number of rotatable bonds is 2. The summed E-state index contributed by atoms with van der Waals surface area (Å²) in [7, 11) is 0. The average molecular weight is 324 g/mol. The van der Waals surface area contributed by atoms with Gasteiger partial charge in [-0.05, 0) is 31.2 Å². The smallest absolute Gasteiger partial charge is 0.449 e. The first-order chi connectivity index (χ1) is 10.9. The molecule has 0 saturated heterocycles. The van der Waals surface area contributed by atoms with Crippen molar-refractivity contribution in [3.05, 3.63) is 71.1 Å². The van der Waals surface area contributed by atoms with Crippen LogP contribution in [-0.2, 0) is 12.7 Å². The molecule has 0 atom stereocenters. The minimum Gasteiger partial charge on any atom is -0.455 e. The molecule has 0 amide bonds. The molecule has 0 aliphatic rings. The number of benzene rings is 1. The van der Waals surface area contributed by atoms with Gasteiger partial charge in [-0.25, -0.2) is 4.79 Å². The number of imidazole rings is 1. The lowest BCUT2D eigenvalue weighted by atomic mass is 10.3. The standard InChI is InChI=1S/C13H9F3N2O2.C3H6/c14-13(15,16)11-6-5-8(20-11)7-18-10-4-2-1-3-9(10)17-12(18)19;1-3-2/h1-6H,7H2,(H,17,19);3H,1H2,2H3. The van der Waals surface area contributed by atoms with Gasteiger partial charge in [-0.15, -0.1) is 6.58 Å². The van der Waals surface area contributed by atoms with E-state index < -0.39 is 17.6 Å². The summed E-state index contributed by atoms with van der Waals surface area (Å²) in [5.74, 6) is -0.996. The number of nitrogens with zero attached hydrogens (tertiary/aromatic N) is 1. The minimum atomic E-state index is -4.52. The maximum atomic E-state index is 12.4. The first kappa shape index (κ1) is 16.7. The predicted molar refractivity (Wildman–Crippen MR) is 81.2 cm³/mol. The zero-order chi connectivity index (χ0) is 17.0. The third-order valence-corrected chi connectivity index (χ3v) is 2.94. The highest BCUT2D eigenvalue weighted by molar-refractivity contribution is 5.74. The molecule has 0 radical (unpaired) electrons. The first-order valence-electron chi connectivity index (χ1n) is 6.77. The highest BCUT2D eigenvalue weighted by Gasteiger charge is 2.34. The number of hydrogen-bond donors (Lipinski definition) is 1. The Morgan fingerprint density at radius 3 is 2.52 bits per heavy atom. The number of alkyl halides is 3. The summed E-state index contributed by atoms with van der Waals surface area (Å²) in [6.45, 7) is 5.19. The van der Waals surface area contributed by atoms with Gasteiger partial charge in [-0.2, -0.15) is 13.2 Å². The van der Waals surface area contributed by atoms with Crippen molar-refractivity contribution in [1.29, 1.82) is 0 Å². The van der Waals surface area contributed by atoms with Crippen LogP contribution in [-0.4, -0.2) is 9.55 Å². The van der Waals surface area contributed by atoms with Gasteiger partial charge < -0.3 is 9.40 Å². The van der Waals surface area contributed by atoms with Crippen molar-refractivity contribution in [2.45, 2.75) is 19.6 Å². The molecule has 2 aromatic heterocycles. The molecule has 0 unspecified atom stereocenters. The molecule has 0 aliphatic heterocycles. The van der Waals surface area contributed by atoms with Crippen molar-refractivity contribution in [3.8, 4) is 0 Å². The summed E-state index contributed by atoms with van der Waals surface area (Å²) in [6.07, 6.45) is -2.77. The summed E-state index contributed by atoms with van der Waals surface area (Å²) in [5, 5.41) is 0. The number of aromatic amines is 1. The van der Waals surface area contributed by atoms with Gasteiger partial charge >= 0.3 is 11.9 Å². The quantitative estimate of drug-likeness (QED) is 0.719. The average Bonchev–Trinajstić information content (AvgIpc) is 3.06. The molecular formula is C16H15F3N2O2. The lowest BCUT2D eigenvalue weighted by molar-refractivity contribution is -0.153. The molecule has 4 nitrogen and oxygen atoms in total. The van der Waals surface area contributed by atoms with Crippen molar-refractivity contribution < 1.29 is 17.6 Å². The Labute approximate surface area is 129 Å². The van der Waals surface area contributed by atoms with Crippen molar-refractivity contribution in [1.82, 2.24) is 9.55 Å². The van der Waals surface area contributed by atoms with E-state index in [1.807, 2.05) is 6.92 Å². The molecule has 7 heteroatoms. The Hall–Kier alpha value is -2.70. The molecule has 23 heavy (non-hydrogen) atoms. The van der Waals surface area contributed by atoms with Gasteiger partial charge in [0.15, 0.2) is 0 Å². The molecule has 0 saturated carbocycles. The van der Waals surface area contributed by atoms with E-state index in [4.69, 9.17) is 4.42 Å². The van der Waals surface area contributed by atoms with Crippen molar-refractivity contribution in [3.63, 3.8) is 0 Å². The molecule has 1 aromatic carbocycles. The fourth-order valence-corrected chi connectivity index (χ4v) is 2.03. The van der Waals surface area contributed by atoms with Crippen LogP contribution in [0.2, 0.25) is 0 Å². The van der Waals surface area contributed by atoms with E-state index in [-0.39, 0.29) is 12.3 Å². The molecule has 122 valence electrons. The van der Waals surface area contributed by atoms with Crippen LogP contribution in [0, 0.1) is 0 Å². The van der Waals surface area contributed by atoms with Crippen LogP contribution < -0.4 is 5.69 Å². The molecule has 0 fully saturated rings. The number of fused-ring (bicyclic) bond motifs is 1. The highest BCUT2D eigenvalue weighted by atomic mass is 19.4. The molecule has 3 rings (SSSR count). The third-order valence-electron chi connectivity index (χ3n) is 2.94. The predicted octanol–water partition coefficient (Wildman–Crippen LogP) is 4.18. The number of para-hydroxylation sites is 2. The zero-order valence-corrected chi connectivity index (χ0v) is 12.4. The van der Waals surface area contributed by atoms with E-state index in [0.29, 0.717) is 11.0 Å². The maximum absolute atomic E-state index is 12.4. The molecule has 0 aliphatic carbocycles. The Morgan fingerprint density at radius 2 is 1.91 bits per heavy atom. The number of hydrogen-bond acceptors (Lipinski definition) is 2. The topological polar surface area (TPSA) is 50.9 Å². The van der Waals surface area contributed by atoms with Crippen LogP contribution in [0.25, 0.3) is 11.0 Å². The van der Waals surface area contributed by atoms with Crippen LogP contribution in [0.5, 0.6) is 0 Å². The van der Waals surface area contributed by atoms with Gasteiger partial charge in [0, 0.05) is 0 Å². The largest absolute Gasteiger partial charge is 0.455 e. The lowest BCUT2D eigenvalue weighted by Gasteiger charge is -2.02. The Kier molecular flexibility index (Phi) is 4.78. The number of allylic oxidation sites excluding steroid dienone is 1. The van der Waals surface area contributed by atoms with Crippen molar-refractivity contribution in [2.75, 3.05) is 0 Å². The summed E-state index contributed by atoms with van der Waals surface area (Å²) < 4.78 is 43.4. The summed E-state index contributed by atoms with van der Waals surface area (Å²) in [4.78, 5) is 14.4. The van der Waals surface area contributed by atoms with Gasteiger partial charge in [0.25, 0.3) is 0 Å². The van der Waals surface area contributed by atoms with E-state index in [1.54, 1.807) is 30.3 Å². The number of aromatic nitrogens is 2. The highest BCUT2D eigenvalue weighted by Crippen LogP contribution is 2.30. The van der Waals surface area contributed by atoms with Gasteiger partial charge in [0.2, 0.25) is 5.76 Å². The Balaban J connectivity index is 0.000000595. The second-order valence-corrected chi connectivity index (χ2v) is 4.71. The summed E-state index contributed by atoms with van der Waals surface area (Å²) >= 11 is 0. The van der Waals surface area contributed by atoms with Gasteiger partial charge in [-0.3, -0.25) is 4.57 Å². The second-order valence-electron chi connectivity index (χ2n) is 4.71. The third kappa shape index (κ3) is 3.74. The monoisotopic (exact) mass is 324 g/mol. The van der Waals surface area contributed by atoms with E-state index in [9.17, 15) is 18.0 Å². The summed E-state index contributed by atoms with van der Waals surface area (Å²) in [5.41, 5.74) is 0.846. The number of halogens is 3. The van der Waals surface area contributed by atoms with E-state index >= 15 is 0 Å². The van der Waals surface area contributed by atoms with Crippen molar-refractivity contribution >= 4 is 11.0 Å². The van der Waals surface area contributed by atoms with E-state index in [2.05, 4.69) is 11.6 Å². The van der Waals surface area contributed by atoms with Gasteiger partial charge in [-0.1, -0.05) is 18.2 Å². The number of nitrogens with one attached hydrogen (secondary N) is 1. The molecule has 0 bridgehead atoms. The number of furan rings is 1. The molecule has 0 spiro atoms. The zero-order valence-electron chi connectivity index (χ0n) is 12.4.